The lowest BCUT2D eigenvalue weighted by atomic mass is 9.82. The highest BCUT2D eigenvalue weighted by molar-refractivity contribution is 6.06. The molecule has 0 aliphatic heterocycles. The summed E-state index contributed by atoms with van der Waals surface area (Å²) in [5.74, 6) is 0. The molecule has 1 heteroatoms. The van der Waals surface area contributed by atoms with E-state index >= 15 is 0 Å². The quantitative estimate of drug-likeness (QED) is 0.122. The zero-order chi connectivity index (χ0) is 29.2. The largest absolute Gasteiger partial charge is 0.344 e. The molecular weight excluding hydrogens is 494 g/mol. The summed E-state index contributed by atoms with van der Waals surface area (Å²) in [5, 5.41) is 6.09. The monoisotopic (exact) mass is 562 g/mol. The standard InChI is InChI=1S/C38H58.C2H6.H3N/c1-6-8-10-12-14-15-17-19-21-25-35-33-27-23-22-26-32(33)34(24-20-18-16-13-11-9-7-2)36-29-28-31(30-37(35)36)38(3,4)5;1-2;/h22-23,26-30H,6-21,24-25H2,1-5H3;1-2H3;1H3. The summed E-state index contributed by atoms with van der Waals surface area (Å²) < 4.78 is 0. The Bertz CT molecular complexity index is 1090. The van der Waals surface area contributed by atoms with Gasteiger partial charge >= 0.3 is 0 Å². The minimum absolute atomic E-state index is 0. The highest BCUT2D eigenvalue weighted by Crippen LogP contribution is 2.37. The molecule has 0 spiro atoms. The van der Waals surface area contributed by atoms with Gasteiger partial charge in [-0.25, -0.2) is 0 Å². The van der Waals surface area contributed by atoms with Crippen LogP contribution in [0.15, 0.2) is 42.5 Å². The second-order valence-electron chi connectivity index (χ2n) is 13.0. The zero-order valence-corrected chi connectivity index (χ0v) is 28.5. The summed E-state index contributed by atoms with van der Waals surface area (Å²) in [5.41, 5.74) is 4.84. The van der Waals surface area contributed by atoms with E-state index in [0.29, 0.717) is 0 Å². The van der Waals surface area contributed by atoms with E-state index in [1.54, 1.807) is 11.1 Å². The first-order valence-electron chi connectivity index (χ1n) is 17.4. The maximum absolute atomic E-state index is 2.55. The molecule has 3 rings (SSSR count). The van der Waals surface area contributed by atoms with Gasteiger partial charge in [0.2, 0.25) is 0 Å². The van der Waals surface area contributed by atoms with E-state index in [-0.39, 0.29) is 11.6 Å². The zero-order valence-electron chi connectivity index (χ0n) is 28.5. The van der Waals surface area contributed by atoms with Crippen molar-refractivity contribution in [2.45, 2.75) is 169 Å². The third kappa shape index (κ3) is 12.1. The Morgan fingerprint density at radius 3 is 1.24 bits per heavy atom. The van der Waals surface area contributed by atoms with Crippen LogP contribution in [0.5, 0.6) is 0 Å². The van der Waals surface area contributed by atoms with Gasteiger partial charge in [0, 0.05) is 0 Å². The lowest BCUT2D eigenvalue weighted by Crippen LogP contribution is -2.11. The molecule has 3 N–H and O–H groups in total. The SMILES string of the molecule is CC.CCCCCCCCCCCc1c2ccccc2c(CCCCCCCCC)c2ccc(C(C)(C)C)cc12.N. The second kappa shape index (κ2) is 20.9. The van der Waals surface area contributed by atoms with Gasteiger partial charge in [-0.2, -0.15) is 0 Å². The number of aryl methyl sites for hydroxylation is 2. The van der Waals surface area contributed by atoms with Gasteiger partial charge in [0.15, 0.2) is 0 Å². The van der Waals surface area contributed by atoms with Crippen LogP contribution in [0, 0.1) is 0 Å². The van der Waals surface area contributed by atoms with Crippen molar-refractivity contribution in [2.75, 3.05) is 0 Å². The van der Waals surface area contributed by atoms with E-state index < -0.39 is 0 Å². The van der Waals surface area contributed by atoms with Gasteiger partial charge in [0.1, 0.15) is 0 Å². The predicted octanol–water partition coefficient (Wildman–Crippen LogP) is 13.8. The number of unbranched alkanes of at least 4 members (excludes halogenated alkanes) is 14. The molecule has 0 heterocycles. The molecular formula is C40H67N. The molecule has 0 bridgehead atoms. The van der Waals surface area contributed by atoms with Crippen LogP contribution in [0.1, 0.15) is 168 Å². The Labute approximate surface area is 255 Å². The van der Waals surface area contributed by atoms with Gasteiger partial charge in [0.05, 0.1) is 0 Å². The molecule has 232 valence electrons. The van der Waals surface area contributed by atoms with E-state index in [9.17, 15) is 0 Å². The molecule has 0 saturated heterocycles. The Kier molecular flexibility index (Phi) is 19.0. The first kappa shape index (κ1) is 37.2. The van der Waals surface area contributed by atoms with Crippen LogP contribution in [0.2, 0.25) is 0 Å². The van der Waals surface area contributed by atoms with Gasteiger partial charge in [-0.1, -0.05) is 181 Å². The van der Waals surface area contributed by atoms with Gasteiger partial charge in [0.25, 0.3) is 0 Å². The van der Waals surface area contributed by atoms with Crippen LogP contribution in [0.4, 0.5) is 0 Å². The minimum Gasteiger partial charge on any atom is -0.344 e. The number of fused-ring (bicyclic) bond motifs is 2. The summed E-state index contributed by atoms with van der Waals surface area (Å²) in [6.07, 6.45) is 24.5. The number of hydrogen-bond acceptors (Lipinski definition) is 1. The van der Waals surface area contributed by atoms with E-state index in [0.717, 1.165) is 0 Å². The lowest BCUT2D eigenvalue weighted by Gasteiger charge is -2.23. The summed E-state index contributed by atoms with van der Waals surface area (Å²) in [6.45, 7) is 15.7. The average Bonchev–Trinajstić information content (AvgIpc) is 2.96. The fourth-order valence-electron chi connectivity index (χ4n) is 6.23. The number of hydrogen-bond donors (Lipinski definition) is 1. The molecule has 3 aromatic carbocycles. The molecule has 1 nitrogen and oxygen atoms in total. The van der Waals surface area contributed by atoms with Crippen molar-refractivity contribution in [3.63, 3.8) is 0 Å². The van der Waals surface area contributed by atoms with Gasteiger partial charge in [-0.05, 0) is 69.3 Å². The summed E-state index contributed by atoms with van der Waals surface area (Å²) in [7, 11) is 0. The van der Waals surface area contributed by atoms with E-state index in [1.807, 2.05) is 13.8 Å². The summed E-state index contributed by atoms with van der Waals surface area (Å²) in [4.78, 5) is 0. The summed E-state index contributed by atoms with van der Waals surface area (Å²) in [6, 6.07) is 16.8. The third-order valence-corrected chi connectivity index (χ3v) is 8.67. The normalized spacial score (nSPS) is 11.4. The first-order chi connectivity index (χ1) is 19.5. The second-order valence-corrected chi connectivity index (χ2v) is 13.0. The van der Waals surface area contributed by atoms with E-state index in [1.165, 1.54) is 143 Å². The van der Waals surface area contributed by atoms with Crippen molar-refractivity contribution >= 4 is 21.5 Å². The molecule has 0 aliphatic rings. The lowest BCUT2D eigenvalue weighted by molar-refractivity contribution is 0.565. The molecule has 3 aromatic rings. The highest BCUT2D eigenvalue weighted by atomic mass is 14.2. The molecule has 0 aromatic heterocycles. The smallest absolute Gasteiger partial charge is 0.0132 e. The molecule has 0 radical (unpaired) electrons. The predicted molar refractivity (Wildman–Crippen MR) is 189 cm³/mol. The minimum atomic E-state index is 0. The van der Waals surface area contributed by atoms with Gasteiger partial charge < -0.3 is 6.15 Å². The summed E-state index contributed by atoms with van der Waals surface area (Å²) >= 11 is 0. The average molecular weight is 562 g/mol. The Hall–Kier alpha value is -1.86. The van der Waals surface area contributed by atoms with Gasteiger partial charge in [-0.15, -0.1) is 0 Å². The topological polar surface area (TPSA) is 35.0 Å². The van der Waals surface area contributed by atoms with Crippen LogP contribution in [0.3, 0.4) is 0 Å². The third-order valence-electron chi connectivity index (χ3n) is 8.67. The highest BCUT2D eigenvalue weighted by Gasteiger charge is 2.18. The maximum atomic E-state index is 2.55. The van der Waals surface area contributed by atoms with Crippen molar-refractivity contribution < 1.29 is 0 Å². The molecule has 0 unspecified atom stereocenters. The van der Waals surface area contributed by atoms with Crippen LogP contribution in [0.25, 0.3) is 21.5 Å². The van der Waals surface area contributed by atoms with Gasteiger partial charge in [-0.3, -0.25) is 0 Å². The van der Waals surface area contributed by atoms with Crippen molar-refractivity contribution in [3.8, 4) is 0 Å². The molecule has 0 aliphatic carbocycles. The van der Waals surface area contributed by atoms with Crippen molar-refractivity contribution in [3.05, 3.63) is 59.2 Å². The van der Waals surface area contributed by atoms with Crippen molar-refractivity contribution in [1.82, 2.24) is 6.15 Å². The Morgan fingerprint density at radius 2 is 0.829 bits per heavy atom. The number of benzene rings is 3. The fourth-order valence-corrected chi connectivity index (χ4v) is 6.23. The maximum Gasteiger partial charge on any atom is -0.0132 e. The molecule has 0 saturated carbocycles. The molecule has 0 atom stereocenters. The fraction of sp³-hybridized carbons (Fsp3) is 0.650. The number of rotatable bonds is 18. The van der Waals surface area contributed by atoms with Crippen LogP contribution < -0.4 is 6.15 Å². The Balaban J connectivity index is 0.00000274. The first-order valence-corrected chi connectivity index (χ1v) is 17.4. The van der Waals surface area contributed by atoms with Crippen LogP contribution in [-0.4, -0.2) is 0 Å². The van der Waals surface area contributed by atoms with Crippen LogP contribution in [-0.2, 0) is 18.3 Å². The van der Waals surface area contributed by atoms with Crippen LogP contribution >= 0.6 is 0 Å². The Morgan fingerprint density at radius 1 is 0.463 bits per heavy atom. The van der Waals surface area contributed by atoms with E-state index in [2.05, 4.69) is 77.1 Å². The van der Waals surface area contributed by atoms with Crippen molar-refractivity contribution in [2.24, 2.45) is 0 Å². The molecule has 41 heavy (non-hydrogen) atoms. The van der Waals surface area contributed by atoms with Crippen molar-refractivity contribution in [1.29, 1.82) is 0 Å². The molecule has 0 fully saturated rings. The van der Waals surface area contributed by atoms with E-state index in [4.69, 9.17) is 0 Å². The molecule has 0 amide bonds.